The quantitative estimate of drug-likeness (QED) is 0.378. The van der Waals surface area contributed by atoms with Crippen LogP contribution in [0.15, 0.2) is 39.8 Å². The summed E-state index contributed by atoms with van der Waals surface area (Å²) in [7, 11) is 1.61. The number of hydrogen-bond donors (Lipinski definition) is 1. The Morgan fingerprint density at radius 2 is 2.03 bits per heavy atom. The predicted octanol–water partition coefficient (Wildman–Crippen LogP) is 6.01. The van der Waals surface area contributed by atoms with Crippen LogP contribution < -0.4 is 14.9 Å². The second-order valence-corrected chi connectivity index (χ2v) is 9.54. The Morgan fingerprint density at radius 3 is 2.83 bits per heavy atom. The van der Waals surface area contributed by atoms with Crippen LogP contribution in [0.1, 0.15) is 49.5 Å². The van der Waals surface area contributed by atoms with Gasteiger partial charge in [0.15, 0.2) is 18.1 Å². The number of aromatic nitrogens is 2. The Balaban J connectivity index is 1.25. The molecule has 0 saturated carbocycles. The molecule has 3 aromatic rings. The summed E-state index contributed by atoms with van der Waals surface area (Å²) in [5, 5.41) is 6.98. The first-order valence-electron chi connectivity index (χ1n) is 12.0. The third-order valence-corrected chi connectivity index (χ3v) is 7.12. The monoisotopic (exact) mass is 530 g/mol. The summed E-state index contributed by atoms with van der Waals surface area (Å²) in [5.74, 6) is 2.34. The molecule has 5 rings (SSSR count). The number of rotatable bonds is 8. The van der Waals surface area contributed by atoms with Gasteiger partial charge in [-0.3, -0.25) is 15.3 Å². The summed E-state index contributed by atoms with van der Waals surface area (Å²) in [6, 6.07) is 9.33. The van der Waals surface area contributed by atoms with Crippen LogP contribution in [0.25, 0.3) is 0 Å². The number of aliphatic imine (C=N–C) groups is 1. The van der Waals surface area contributed by atoms with Gasteiger partial charge >= 0.3 is 0 Å². The van der Waals surface area contributed by atoms with Gasteiger partial charge in [0, 0.05) is 11.6 Å². The lowest BCUT2D eigenvalue weighted by Gasteiger charge is -2.32. The number of piperidine rings is 1. The van der Waals surface area contributed by atoms with Gasteiger partial charge in [0.25, 0.3) is 0 Å². The maximum absolute atomic E-state index is 6.13. The first-order chi connectivity index (χ1) is 17.5. The lowest BCUT2D eigenvalue weighted by atomic mass is 10.0. The fourth-order valence-electron chi connectivity index (χ4n) is 4.52. The van der Waals surface area contributed by atoms with Crippen molar-refractivity contribution in [3.63, 3.8) is 0 Å². The van der Waals surface area contributed by atoms with Crippen molar-refractivity contribution in [1.82, 2.24) is 20.0 Å². The second kappa shape index (κ2) is 10.9. The standard InChI is InChI=1S/C25H28Cl2N6O3/c1-3-32-9-5-4-6-21(32)25-29-24(31-36-25)14-35-23-12-20-16(10-22(23)34-2)13-33(15-28-20)30-17-7-8-18(26)19(27)11-17/h7-8,10-12,15,21,30H,3-6,9,13-14H2,1-2H3. The van der Waals surface area contributed by atoms with E-state index in [1.54, 1.807) is 25.6 Å². The van der Waals surface area contributed by atoms with Crippen LogP contribution in [-0.2, 0) is 13.2 Å². The fourth-order valence-corrected chi connectivity index (χ4v) is 4.82. The van der Waals surface area contributed by atoms with Crippen LogP contribution in [0.5, 0.6) is 11.5 Å². The minimum absolute atomic E-state index is 0.173. The van der Waals surface area contributed by atoms with Crippen molar-refractivity contribution in [3.05, 3.63) is 57.7 Å². The molecule has 0 radical (unpaired) electrons. The van der Waals surface area contributed by atoms with E-state index in [2.05, 4.69) is 32.4 Å². The second-order valence-electron chi connectivity index (χ2n) is 8.72. The molecule has 1 saturated heterocycles. The highest BCUT2D eigenvalue weighted by Crippen LogP contribution is 2.38. The molecule has 0 spiro atoms. The number of hydrazine groups is 1. The molecule has 1 N–H and O–H groups in total. The third-order valence-electron chi connectivity index (χ3n) is 6.38. The van der Waals surface area contributed by atoms with E-state index in [9.17, 15) is 0 Å². The molecule has 1 aromatic heterocycles. The highest BCUT2D eigenvalue weighted by atomic mass is 35.5. The summed E-state index contributed by atoms with van der Waals surface area (Å²) in [6.07, 6.45) is 5.13. The van der Waals surface area contributed by atoms with Crippen molar-refractivity contribution in [2.45, 2.75) is 45.4 Å². The number of anilines is 1. The SMILES string of the molecule is CCN1CCCCC1c1nc(COc2cc3c(cc2OC)CN(Nc2ccc(Cl)c(Cl)c2)C=N3)no1. The molecule has 1 unspecified atom stereocenters. The van der Waals surface area contributed by atoms with Gasteiger partial charge in [-0.2, -0.15) is 4.98 Å². The maximum Gasteiger partial charge on any atom is 0.244 e. The van der Waals surface area contributed by atoms with E-state index >= 15 is 0 Å². The topological polar surface area (TPSA) is 88.3 Å². The van der Waals surface area contributed by atoms with Gasteiger partial charge in [0.2, 0.25) is 11.7 Å². The molecule has 1 atom stereocenters. The van der Waals surface area contributed by atoms with Gasteiger partial charge in [-0.05, 0) is 50.2 Å². The Hall–Kier alpha value is -3.01. The predicted molar refractivity (Wildman–Crippen MR) is 139 cm³/mol. The number of methoxy groups -OCH3 is 1. The molecule has 9 nitrogen and oxygen atoms in total. The van der Waals surface area contributed by atoms with Crippen LogP contribution in [-0.4, -0.2) is 46.6 Å². The first kappa shape index (κ1) is 24.7. The zero-order chi connectivity index (χ0) is 25.1. The minimum atomic E-state index is 0.173. The first-order valence-corrected chi connectivity index (χ1v) is 12.7. The number of halogens is 2. The van der Waals surface area contributed by atoms with Crippen LogP contribution in [0, 0.1) is 0 Å². The third kappa shape index (κ3) is 5.38. The molecule has 11 heteroatoms. The highest BCUT2D eigenvalue weighted by molar-refractivity contribution is 6.42. The molecular formula is C25H28Cl2N6O3. The van der Waals surface area contributed by atoms with Crippen LogP contribution >= 0.6 is 23.2 Å². The van der Waals surface area contributed by atoms with Gasteiger partial charge in [-0.15, -0.1) is 0 Å². The van der Waals surface area contributed by atoms with Crippen molar-refractivity contribution in [3.8, 4) is 11.5 Å². The number of hydrogen-bond acceptors (Lipinski definition) is 9. The van der Waals surface area contributed by atoms with E-state index in [0.29, 0.717) is 39.8 Å². The molecule has 190 valence electrons. The summed E-state index contributed by atoms with van der Waals surface area (Å²) >= 11 is 12.1. The summed E-state index contributed by atoms with van der Waals surface area (Å²) in [4.78, 5) is 11.6. The Morgan fingerprint density at radius 1 is 1.14 bits per heavy atom. The van der Waals surface area contributed by atoms with Crippen LogP contribution in [0.4, 0.5) is 11.4 Å². The van der Waals surface area contributed by atoms with Crippen molar-refractivity contribution >= 4 is 40.9 Å². The number of fused-ring (bicyclic) bond motifs is 1. The molecule has 0 amide bonds. The summed E-state index contributed by atoms with van der Waals surface area (Å²) < 4.78 is 17.2. The van der Waals surface area contributed by atoms with Gasteiger partial charge in [0.1, 0.15) is 6.34 Å². The molecular weight excluding hydrogens is 503 g/mol. The summed E-state index contributed by atoms with van der Waals surface area (Å²) in [5.41, 5.74) is 5.85. The van der Waals surface area contributed by atoms with Crippen molar-refractivity contribution in [2.75, 3.05) is 25.6 Å². The van der Waals surface area contributed by atoms with Gasteiger partial charge in [-0.1, -0.05) is 41.7 Å². The normalized spacial score (nSPS) is 17.7. The molecule has 1 fully saturated rings. The maximum atomic E-state index is 6.13. The summed E-state index contributed by atoms with van der Waals surface area (Å²) in [6.45, 7) is 4.92. The smallest absolute Gasteiger partial charge is 0.244 e. The van der Waals surface area contributed by atoms with Crippen LogP contribution in [0.3, 0.4) is 0 Å². The molecule has 2 aliphatic heterocycles. The largest absolute Gasteiger partial charge is 0.493 e. The molecule has 0 bridgehead atoms. The molecule has 2 aromatic carbocycles. The van der Waals surface area contributed by atoms with E-state index in [4.69, 9.17) is 37.2 Å². The number of likely N-dealkylation sites (tertiary alicyclic amines) is 1. The van der Waals surface area contributed by atoms with Gasteiger partial charge < -0.3 is 14.0 Å². The molecule has 2 aliphatic rings. The zero-order valence-corrected chi connectivity index (χ0v) is 21.7. The van der Waals surface area contributed by atoms with Crippen molar-refractivity contribution < 1.29 is 14.0 Å². The van der Waals surface area contributed by atoms with Crippen molar-refractivity contribution in [2.24, 2.45) is 4.99 Å². The molecule has 0 aliphatic carbocycles. The van der Waals surface area contributed by atoms with E-state index in [1.807, 2.05) is 23.2 Å². The van der Waals surface area contributed by atoms with E-state index in [1.165, 1.54) is 12.8 Å². The molecule has 3 heterocycles. The van der Waals surface area contributed by atoms with E-state index in [0.717, 1.165) is 36.4 Å². The average molecular weight is 531 g/mol. The lowest BCUT2D eigenvalue weighted by Crippen LogP contribution is -2.33. The number of benzene rings is 2. The van der Waals surface area contributed by atoms with E-state index < -0.39 is 0 Å². The van der Waals surface area contributed by atoms with Gasteiger partial charge in [0.05, 0.1) is 41.1 Å². The number of ether oxygens (including phenoxy) is 2. The Labute approximate surface area is 220 Å². The van der Waals surface area contributed by atoms with Crippen LogP contribution in [0.2, 0.25) is 10.0 Å². The Bertz CT molecular complexity index is 1250. The average Bonchev–Trinajstić information content (AvgIpc) is 3.38. The lowest BCUT2D eigenvalue weighted by molar-refractivity contribution is 0.125. The zero-order valence-electron chi connectivity index (χ0n) is 20.2. The van der Waals surface area contributed by atoms with E-state index in [-0.39, 0.29) is 12.6 Å². The number of nitrogens with zero attached hydrogens (tertiary/aromatic N) is 5. The fraction of sp³-hybridized carbons (Fsp3) is 0.400. The number of nitrogens with one attached hydrogen (secondary N) is 1. The highest BCUT2D eigenvalue weighted by Gasteiger charge is 2.28. The van der Waals surface area contributed by atoms with Gasteiger partial charge in [-0.25, -0.2) is 4.99 Å². The molecule has 36 heavy (non-hydrogen) atoms. The minimum Gasteiger partial charge on any atom is -0.493 e. The Kier molecular flexibility index (Phi) is 7.50. The van der Waals surface area contributed by atoms with Crippen molar-refractivity contribution in [1.29, 1.82) is 0 Å².